The summed E-state index contributed by atoms with van der Waals surface area (Å²) in [5.74, 6) is -1.29. The fourth-order valence-electron chi connectivity index (χ4n) is 4.21. The van der Waals surface area contributed by atoms with E-state index in [1.54, 1.807) is 29.2 Å². The van der Waals surface area contributed by atoms with Crippen LogP contribution < -0.4 is 0 Å². The molecule has 1 saturated heterocycles. The van der Waals surface area contributed by atoms with E-state index < -0.39 is 17.7 Å². The second-order valence-electron chi connectivity index (χ2n) is 8.05. The Bertz CT molecular complexity index is 1100. The van der Waals surface area contributed by atoms with Gasteiger partial charge < -0.3 is 14.7 Å². The zero-order valence-corrected chi connectivity index (χ0v) is 17.7. The molecular formula is C26H24FNO4. The van der Waals surface area contributed by atoms with Gasteiger partial charge in [-0.3, -0.25) is 4.79 Å². The zero-order chi connectivity index (χ0) is 22.7. The van der Waals surface area contributed by atoms with Crippen molar-refractivity contribution in [3.05, 3.63) is 95.8 Å². The van der Waals surface area contributed by atoms with Gasteiger partial charge in [-0.1, -0.05) is 66.7 Å². The van der Waals surface area contributed by atoms with Gasteiger partial charge in [0.25, 0.3) is 0 Å². The van der Waals surface area contributed by atoms with Crippen LogP contribution in [0.15, 0.2) is 78.9 Å². The summed E-state index contributed by atoms with van der Waals surface area (Å²) in [6.45, 7) is 2.29. The van der Waals surface area contributed by atoms with Crippen LogP contribution in [0.5, 0.6) is 0 Å². The quantitative estimate of drug-likeness (QED) is 0.536. The number of benzene rings is 3. The number of hydrogen-bond donors (Lipinski definition) is 1. The molecule has 2 atom stereocenters. The van der Waals surface area contributed by atoms with Gasteiger partial charge >= 0.3 is 12.1 Å². The number of carbonyl (C=O) groups is 2. The molecule has 1 amide bonds. The molecule has 1 fully saturated rings. The predicted octanol–water partition coefficient (Wildman–Crippen LogP) is 5.77. The molecule has 32 heavy (non-hydrogen) atoms. The summed E-state index contributed by atoms with van der Waals surface area (Å²) in [5, 5.41) is 9.44. The van der Waals surface area contributed by atoms with Gasteiger partial charge in [0.1, 0.15) is 5.82 Å². The minimum Gasteiger partial charge on any atom is -0.481 e. The van der Waals surface area contributed by atoms with E-state index in [0.717, 1.165) is 16.7 Å². The standard InChI is InChI=1S/C26H24FNO4/c1-18(19-7-9-20(10-8-19)21-11-13-23(27)14-12-21)28-16-15-26(17-24(29)30,32-25(28)31)22-5-3-2-4-6-22/h2-14,18H,15-17H2,1H3,(H,29,30). The normalized spacial score (nSPS) is 19.3. The fraction of sp³-hybridized carbons (Fsp3) is 0.231. The summed E-state index contributed by atoms with van der Waals surface area (Å²) in [6.07, 6.45) is -0.429. The highest BCUT2D eigenvalue weighted by Crippen LogP contribution is 2.39. The first-order valence-corrected chi connectivity index (χ1v) is 10.5. The second-order valence-corrected chi connectivity index (χ2v) is 8.05. The van der Waals surface area contributed by atoms with Crippen molar-refractivity contribution < 1.29 is 23.8 Å². The summed E-state index contributed by atoms with van der Waals surface area (Å²) in [6, 6.07) is 22.8. The molecule has 0 aliphatic carbocycles. The number of amides is 1. The van der Waals surface area contributed by atoms with Crippen molar-refractivity contribution in [2.75, 3.05) is 6.54 Å². The number of cyclic esters (lactones) is 1. The first-order chi connectivity index (χ1) is 15.4. The molecule has 6 heteroatoms. The maximum atomic E-state index is 13.2. The lowest BCUT2D eigenvalue weighted by atomic mass is 9.85. The van der Waals surface area contributed by atoms with E-state index in [-0.39, 0.29) is 18.3 Å². The van der Waals surface area contributed by atoms with E-state index in [1.807, 2.05) is 49.4 Å². The highest BCUT2D eigenvalue weighted by molar-refractivity contribution is 5.73. The van der Waals surface area contributed by atoms with Crippen LogP contribution >= 0.6 is 0 Å². The van der Waals surface area contributed by atoms with Crippen LogP contribution in [0.25, 0.3) is 11.1 Å². The van der Waals surface area contributed by atoms with E-state index in [1.165, 1.54) is 12.1 Å². The number of ether oxygens (including phenoxy) is 1. The maximum absolute atomic E-state index is 13.2. The van der Waals surface area contributed by atoms with Crippen LogP contribution in [-0.4, -0.2) is 28.6 Å². The Kier molecular flexibility index (Phi) is 5.95. The summed E-state index contributed by atoms with van der Waals surface area (Å²) in [5.41, 5.74) is 2.30. The number of carboxylic acids is 1. The van der Waals surface area contributed by atoms with Gasteiger partial charge in [0, 0.05) is 13.0 Å². The van der Waals surface area contributed by atoms with E-state index in [0.29, 0.717) is 18.5 Å². The minimum absolute atomic E-state index is 0.247. The average molecular weight is 433 g/mol. The van der Waals surface area contributed by atoms with Gasteiger partial charge in [0.15, 0.2) is 5.60 Å². The Morgan fingerprint density at radius 1 is 1.03 bits per heavy atom. The second kappa shape index (κ2) is 8.83. The number of rotatable bonds is 6. The number of carboxylic acid groups (broad SMARTS) is 1. The molecule has 0 bridgehead atoms. The third kappa shape index (κ3) is 4.35. The smallest absolute Gasteiger partial charge is 0.411 e. The lowest BCUT2D eigenvalue weighted by molar-refractivity contribution is -0.146. The van der Waals surface area contributed by atoms with E-state index >= 15 is 0 Å². The Morgan fingerprint density at radius 3 is 2.19 bits per heavy atom. The van der Waals surface area contributed by atoms with Crippen LogP contribution in [-0.2, 0) is 15.1 Å². The fourth-order valence-corrected chi connectivity index (χ4v) is 4.21. The molecule has 0 aromatic heterocycles. The summed E-state index contributed by atoms with van der Waals surface area (Å²) in [7, 11) is 0. The summed E-state index contributed by atoms with van der Waals surface area (Å²) >= 11 is 0. The molecule has 164 valence electrons. The van der Waals surface area contributed by atoms with E-state index in [4.69, 9.17) is 4.74 Å². The molecule has 1 heterocycles. The molecule has 1 N–H and O–H groups in total. The van der Waals surface area contributed by atoms with Gasteiger partial charge in [0.2, 0.25) is 0 Å². The molecule has 0 spiro atoms. The molecule has 3 aromatic carbocycles. The molecule has 4 rings (SSSR count). The van der Waals surface area contributed by atoms with Gasteiger partial charge in [-0.05, 0) is 41.3 Å². The van der Waals surface area contributed by atoms with Crippen molar-refractivity contribution in [2.24, 2.45) is 0 Å². The van der Waals surface area contributed by atoms with Crippen LogP contribution in [0, 0.1) is 5.82 Å². The SMILES string of the molecule is CC(c1ccc(-c2ccc(F)cc2)cc1)N1CCC(CC(=O)O)(c2ccccc2)OC1=O. The molecule has 1 aliphatic heterocycles. The lowest BCUT2D eigenvalue weighted by Gasteiger charge is -2.42. The molecular weight excluding hydrogens is 409 g/mol. The predicted molar refractivity (Wildman–Crippen MR) is 118 cm³/mol. The molecule has 2 unspecified atom stereocenters. The molecule has 0 saturated carbocycles. The molecule has 5 nitrogen and oxygen atoms in total. The van der Waals surface area contributed by atoms with Crippen LogP contribution in [0.2, 0.25) is 0 Å². The van der Waals surface area contributed by atoms with Crippen LogP contribution in [0.1, 0.15) is 36.9 Å². The van der Waals surface area contributed by atoms with E-state index in [2.05, 4.69) is 0 Å². The summed E-state index contributed by atoms with van der Waals surface area (Å²) in [4.78, 5) is 26.1. The van der Waals surface area contributed by atoms with Crippen molar-refractivity contribution in [2.45, 2.75) is 31.4 Å². The van der Waals surface area contributed by atoms with Crippen molar-refractivity contribution in [3.8, 4) is 11.1 Å². The summed E-state index contributed by atoms with van der Waals surface area (Å²) < 4.78 is 19.0. The maximum Gasteiger partial charge on any atom is 0.411 e. The molecule has 3 aromatic rings. The van der Waals surface area contributed by atoms with Gasteiger partial charge in [-0.15, -0.1) is 0 Å². The van der Waals surface area contributed by atoms with Crippen LogP contribution in [0.3, 0.4) is 0 Å². The lowest BCUT2D eigenvalue weighted by Crippen LogP contribution is -2.49. The van der Waals surface area contributed by atoms with E-state index in [9.17, 15) is 19.1 Å². The van der Waals surface area contributed by atoms with Gasteiger partial charge in [-0.2, -0.15) is 0 Å². The third-order valence-corrected chi connectivity index (χ3v) is 6.05. The van der Waals surface area contributed by atoms with Crippen molar-refractivity contribution in [1.82, 2.24) is 4.90 Å². The number of halogens is 1. The monoisotopic (exact) mass is 433 g/mol. The number of carbonyl (C=O) groups excluding carboxylic acids is 1. The van der Waals surface area contributed by atoms with Crippen molar-refractivity contribution in [3.63, 3.8) is 0 Å². The highest BCUT2D eigenvalue weighted by Gasteiger charge is 2.45. The average Bonchev–Trinajstić information content (AvgIpc) is 2.79. The Balaban J connectivity index is 1.52. The molecule has 0 radical (unpaired) electrons. The first kappa shape index (κ1) is 21.6. The minimum atomic E-state index is -1.17. The third-order valence-electron chi connectivity index (χ3n) is 6.05. The first-order valence-electron chi connectivity index (χ1n) is 10.5. The Labute approximate surface area is 186 Å². The van der Waals surface area contributed by atoms with Crippen molar-refractivity contribution in [1.29, 1.82) is 0 Å². The molecule has 1 aliphatic rings. The van der Waals surface area contributed by atoms with Gasteiger partial charge in [0.05, 0.1) is 12.5 Å². The van der Waals surface area contributed by atoms with Crippen molar-refractivity contribution >= 4 is 12.1 Å². The number of nitrogens with zero attached hydrogens (tertiary/aromatic N) is 1. The number of aliphatic carboxylic acids is 1. The Hall–Kier alpha value is -3.67. The zero-order valence-electron chi connectivity index (χ0n) is 17.7. The highest BCUT2D eigenvalue weighted by atomic mass is 19.1. The van der Waals surface area contributed by atoms with Gasteiger partial charge in [-0.25, -0.2) is 9.18 Å². The Morgan fingerprint density at radius 2 is 1.62 bits per heavy atom. The van der Waals surface area contributed by atoms with Crippen LogP contribution in [0.4, 0.5) is 9.18 Å². The topological polar surface area (TPSA) is 66.8 Å². The largest absolute Gasteiger partial charge is 0.481 e. The number of hydrogen-bond acceptors (Lipinski definition) is 3.